The second-order valence-corrected chi connectivity index (χ2v) is 8.81. The van der Waals surface area contributed by atoms with Crippen LogP contribution in [-0.4, -0.2) is 26.3 Å². The molecule has 4 aromatic rings. The molecule has 1 fully saturated rings. The third-order valence-corrected chi connectivity index (χ3v) is 6.64. The van der Waals surface area contributed by atoms with Gasteiger partial charge in [0.1, 0.15) is 12.1 Å². The fraction of sp³-hybridized carbons (Fsp3) is 0.0952. The van der Waals surface area contributed by atoms with Crippen LogP contribution in [0.5, 0.6) is 0 Å². The molecule has 0 radical (unpaired) electrons. The first-order valence-electron chi connectivity index (χ1n) is 9.02. The lowest BCUT2D eigenvalue weighted by atomic mass is 10.1. The molecule has 0 atom stereocenters. The SMILES string of the molecule is Cc1noc(C)c1-c1ccc(-c2ncnc3ccc(C=C4SC(=O)NC4=O)cc23)s1. The number of fused-ring (bicyclic) bond motifs is 1. The van der Waals surface area contributed by atoms with Gasteiger partial charge in [-0.15, -0.1) is 11.3 Å². The highest BCUT2D eigenvalue weighted by Crippen LogP contribution is 2.39. The van der Waals surface area contributed by atoms with Gasteiger partial charge < -0.3 is 4.52 Å². The van der Waals surface area contributed by atoms with E-state index in [2.05, 4.69) is 20.4 Å². The molecule has 1 aliphatic heterocycles. The van der Waals surface area contributed by atoms with Gasteiger partial charge in [-0.3, -0.25) is 14.9 Å². The van der Waals surface area contributed by atoms with Crippen molar-refractivity contribution in [3.05, 3.63) is 58.6 Å². The number of carbonyl (C=O) groups is 2. The summed E-state index contributed by atoms with van der Waals surface area (Å²) in [7, 11) is 0. The highest BCUT2D eigenvalue weighted by atomic mass is 32.2. The normalized spacial score (nSPS) is 15.3. The van der Waals surface area contributed by atoms with Gasteiger partial charge >= 0.3 is 0 Å². The van der Waals surface area contributed by atoms with E-state index in [0.717, 1.165) is 60.7 Å². The number of benzene rings is 1. The standard InChI is InChI=1S/C21H14N4O3S2/c1-10-18(11(2)28-25-10)15-5-6-16(29-15)19-13-7-12(3-4-14(13)22-9-23-19)8-17-20(26)24-21(27)30-17/h3-9H,1-2H3,(H,24,26,27). The Labute approximate surface area is 179 Å². The summed E-state index contributed by atoms with van der Waals surface area (Å²) >= 11 is 2.50. The van der Waals surface area contributed by atoms with Crippen LogP contribution in [0.3, 0.4) is 0 Å². The Morgan fingerprint density at radius 1 is 1.07 bits per heavy atom. The first-order chi connectivity index (χ1) is 14.5. The zero-order valence-electron chi connectivity index (χ0n) is 15.9. The number of amides is 2. The second kappa shape index (κ2) is 7.19. The Morgan fingerprint density at radius 3 is 2.63 bits per heavy atom. The molecule has 3 aromatic heterocycles. The van der Waals surface area contributed by atoms with Crippen molar-refractivity contribution in [2.75, 3.05) is 0 Å². The van der Waals surface area contributed by atoms with Gasteiger partial charge in [0.15, 0.2) is 0 Å². The summed E-state index contributed by atoms with van der Waals surface area (Å²) in [6, 6.07) is 9.75. The summed E-state index contributed by atoms with van der Waals surface area (Å²) in [6.07, 6.45) is 3.24. The first-order valence-corrected chi connectivity index (χ1v) is 10.7. The van der Waals surface area contributed by atoms with Crippen molar-refractivity contribution >= 4 is 51.2 Å². The third kappa shape index (κ3) is 3.21. The summed E-state index contributed by atoms with van der Waals surface area (Å²) in [5.41, 5.74) is 4.26. The summed E-state index contributed by atoms with van der Waals surface area (Å²) in [4.78, 5) is 34.6. The van der Waals surface area contributed by atoms with E-state index >= 15 is 0 Å². The summed E-state index contributed by atoms with van der Waals surface area (Å²) in [5, 5.41) is 6.81. The maximum absolute atomic E-state index is 11.9. The number of imide groups is 1. The van der Waals surface area contributed by atoms with Crippen molar-refractivity contribution < 1.29 is 14.1 Å². The van der Waals surface area contributed by atoms with E-state index in [4.69, 9.17) is 4.52 Å². The average Bonchev–Trinajstić information content (AvgIpc) is 3.41. The molecule has 5 rings (SSSR count). The van der Waals surface area contributed by atoms with E-state index in [0.29, 0.717) is 4.91 Å². The molecule has 7 nitrogen and oxygen atoms in total. The van der Waals surface area contributed by atoms with Crippen LogP contribution >= 0.6 is 23.1 Å². The highest BCUT2D eigenvalue weighted by molar-refractivity contribution is 8.18. The molecular formula is C21H14N4O3S2. The minimum absolute atomic E-state index is 0.360. The monoisotopic (exact) mass is 434 g/mol. The fourth-order valence-corrected chi connectivity index (χ4v) is 5.21. The molecule has 1 aliphatic rings. The van der Waals surface area contributed by atoms with Gasteiger partial charge in [-0.05, 0) is 61.5 Å². The Morgan fingerprint density at radius 2 is 1.90 bits per heavy atom. The van der Waals surface area contributed by atoms with E-state index < -0.39 is 0 Å². The number of aromatic nitrogens is 3. The van der Waals surface area contributed by atoms with E-state index in [1.54, 1.807) is 23.7 Å². The van der Waals surface area contributed by atoms with Crippen molar-refractivity contribution in [1.82, 2.24) is 20.4 Å². The lowest BCUT2D eigenvalue weighted by molar-refractivity contribution is -0.115. The summed E-state index contributed by atoms with van der Waals surface area (Å²) < 4.78 is 5.30. The number of rotatable bonds is 3. The molecule has 1 saturated heterocycles. The molecule has 0 bridgehead atoms. The lowest BCUT2D eigenvalue weighted by Crippen LogP contribution is -2.17. The molecule has 9 heteroatoms. The topological polar surface area (TPSA) is 98.0 Å². The van der Waals surface area contributed by atoms with Crippen molar-refractivity contribution in [1.29, 1.82) is 0 Å². The Balaban J connectivity index is 1.59. The van der Waals surface area contributed by atoms with Crippen LogP contribution in [0.2, 0.25) is 0 Å². The minimum atomic E-state index is -0.378. The molecule has 0 saturated carbocycles. The molecule has 0 unspecified atom stereocenters. The van der Waals surface area contributed by atoms with Crippen LogP contribution in [0, 0.1) is 13.8 Å². The van der Waals surface area contributed by atoms with Crippen LogP contribution in [-0.2, 0) is 4.79 Å². The first kappa shape index (κ1) is 18.7. The predicted octanol–water partition coefficient (Wildman–Crippen LogP) is 4.95. The molecule has 148 valence electrons. The van der Waals surface area contributed by atoms with Gasteiger partial charge in [-0.1, -0.05) is 11.2 Å². The van der Waals surface area contributed by atoms with Gasteiger partial charge in [-0.2, -0.15) is 0 Å². The zero-order chi connectivity index (χ0) is 20.8. The van der Waals surface area contributed by atoms with Crippen molar-refractivity contribution in [3.8, 4) is 21.0 Å². The number of nitrogens with zero attached hydrogens (tertiary/aromatic N) is 3. The number of nitrogens with one attached hydrogen (secondary N) is 1. The van der Waals surface area contributed by atoms with Crippen molar-refractivity contribution in [2.24, 2.45) is 0 Å². The van der Waals surface area contributed by atoms with Crippen molar-refractivity contribution in [3.63, 3.8) is 0 Å². The van der Waals surface area contributed by atoms with E-state index in [1.165, 1.54) is 0 Å². The largest absolute Gasteiger partial charge is 0.361 e. The number of aryl methyl sites for hydroxylation is 2. The average molecular weight is 435 g/mol. The van der Waals surface area contributed by atoms with Gasteiger partial charge in [0.2, 0.25) is 0 Å². The highest BCUT2D eigenvalue weighted by Gasteiger charge is 2.25. The Kier molecular flexibility index (Phi) is 4.48. The molecule has 30 heavy (non-hydrogen) atoms. The van der Waals surface area contributed by atoms with Crippen LogP contribution in [0.15, 0.2) is 46.1 Å². The molecule has 0 aliphatic carbocycles. The summed E-state index contributed by atoms with van der Waals surface area (Å²) in [5.74, 6) is 0.404. The molecule has 1 aromatic carbocycles. The van der Waals surface area contributed by atoms with Gasteiger partial charge in [0, 0.05) is 10.3 Å². The van der Waals surface area contributed by atoms with Crippen LogP contribution < -0.4 is 5.32 Å². The summed E-state index contributed by atoms with van der Waals surface area (Å²) in [6.45, 7) is 3.82. The van der Waals surface area contributed by atoms with Crippen LogP contribution in [0.1, 0.15) is 17.0 Å². The maximum Gasteiger partial charge on any atom is 0.290 e. The van der Waals surface area contributed by atoms with Crippen LogP contribution in [0.25, 0.3) is 38.0 Å². The van der Waals surface area contributed by atoms with E-state index in [-0.39, 0.29) is 11.1 Å². The van der Waals surface area contributed by atoms with Crippen LogP contribution in [0.4, 0.5) is 4.79 Å². The van der Waals surface area contributed by atoms with Crippen molar-refractivity contribution in [2.45, 2.75) is 13.8 Å². The molecule has 2 amide bonds. The van der Waals surface area contributed by atoms with E-state index in [1.807, 2.05) is 44.2 Å². The molecule has 1 N–H and O–H groups in total. The lowest BCUT2D eigenvalue weighted by Gasteiger charge is -2.04. The predicted molar refractivity (Wildman–Crippen MR) is 117 cm³/mol. The van der Waals surface area contributed by atoms with Gasteiger partial charge in [-0.25, -0.2) is 9.97 Å². The minimum Gasteiger partial charge on any atom is -0.361 e. The number of hydrogen-bond acceptors (Lipinski definition) is 8. The van der Waals surface area contributed by atoms with Gasteiger partial charge in [0.05, 0.1) is 32.3 Å². The smallest absolute Gasteiger partial charge is 0.290 e. The number of hydrogen-bond donors (Lipinski definition) is 1. The van der Waals surface area contributed by atoms with E-state index in [9.17, 15) is 9.59 Å². The Bertz CT molecular complexity index is 1350. The van der Waals surface area contributed by atoms with Gasteiger partial charge in [0.25, 0.3) is 11.1 Å². The second-order valence-electron chi connectivity index (χ2n) is 6.71. The maximum atomic E-state index is 11.9. The molecular weight excluding hydrogens is 420 g/mol. The Hall–Kier alpha value is -3.30. The zero-order valence-corrected chi connectivity index (χ0v) is 17.6. The number of thioether (sulfide) groups is 1. The third-order valence-electron chi connectivity index (χ3n) is 4.72. The number of carbonyl (C=O) groups excluding carboxylic acids is 2. The molecule has 4 heterocycles. The fourth-order valence-electron chi connectivity index (χ4n) is 3.37. The quantitative estimate of drug-likeness (QED) is 0.455. The number of thiophene rings is 1. The molecule has 0 spiro atoms.